The third-order valence-electron chi connectivity index (χ3n) is 5.63. The number of nitrogens with one attached hydrogen (secondary N) is 1. The van der Waals surface area contributed by atoms with Crippen LogP contribution in [0.5, 0.6) is 0 Å². The van der Waals surface area contributed by atoms with E-state index in [9.17, 15) is 14.7 Å². The molecule has 0 unspecified atom stereocenters. The first-order chi connectivity index (χ1) is 17.1. The minimum atomic E-state index is -0.900. The molecule has 4 aromatic rings. The van der Waals surface area contributed by atoms with Crippen LogP contribution in [0.2, 0.25) is 0 Å². The number of ether oxygens (including phenoxy) is 1. The molecule has 0 fully saturated rings. The number of aliphatic hydroxyl groups is 1. The zero-order valence-electron chi connectivity index (χ0n) is 20.9. The van der Waals surface area contributed by atoms with E-state index in [2.05, 4.69) is 15.3 Å². The molecule has 2 amide bonds. The second kappa shape index (κ2) is 10.2. The average molecular weight is 512 g/mol. The van der Waals surface area contributed by atoms with E-state index in [0.717, 1.165) is 10.4 Å². The predicted molar refractivity (Wildman–Crippen MR) is 138 cm³/mol. The molecule has 0 aliphatic rings. The summed E-state index contributed by atoms with van der Waals surface area (Å²) in [5, 5.41) is 13.2. The summed E-state index contributed by atoms with van der Waals surface area (Å²) in [5.41, 5.74) is 1.14. The van der Waals surface area contributed by atoms with Crippen LogP contribution in [0.1, 0.15) is 35.8 Å². The van der Waals surface area contributed by atoms with Crippen molar-refractivity contribution in [1.82, 2.24) is 14.5 Å². The second-order valence-corrected chi connectivity index (χ2v) is 10.2. The fraction of sp³-hybridized carbons (Fsp3) is 0.360. The lowest BCUT2D eigenvalue weighted by atomic mass is 10.1. The Bertz CT molecular complexity index is 1400. The first-order valence-corrected chi connectivity index (χ1v) is 12.2. The van der Waals surface area contributed by atoms with Gasteiger partial charge in [-0.05, 0) is 50.6 Å². The molecule has 0 aliphatic carbocycles. The lowest BCUT2D eigenvalue weighted by molar-refractivity contribution is -0.121. The van der Waals surface area contributed by atoms with E-state index in [0.29, 0.717) is 46.6 Å². The van der Waals surface area contributed by atoms with E-state index in [1.54, 1.807) is 46.1 Å². The Morgan fingerprint density at radius 3 is 2.72 bits per heavy atom. The number of likely N-dealkylation sites (N-methyl/N-ethyl adjacent to an activating group) is 1. The largest absolute Gasteiger partial charge is 0.440 e. The number of hydrogen-bond acceptors (Lipinski definition) is 8. The Hall–Kier alpha value is -3.54. The van der Waals surface area contributed by atoms with Crippen LogP contribution >= 0.6 is 11.3 Å². The van der Waals surface area contributed by atoms with E-state index < -0.39 is 5.60 Å². The van der Waals surface area contributed by atoms with Gasteiger partial charge in [0.1, 0.15) is 6.61 Å². The van der Waals surface area contributed by atoms with Crippen molar-refractivity contribution in [3.05, 3.63) is 47.3 Å². The van der Waals surface area contributed by atoms with E-state index in [-0.39, 0.29) is 18.4 Å². The van der Waals surface area contributed by atoms with Crippen molar-refractivity contribution in [2.75, 3.05) is 31.0 Å². The van der Waals surface area contributed by atoms with Crippen LogP contribution in [0.4, 0.5) is 11.6 Å². The van der Waals surface area contributed by atoms with Crippen molar-refractivity contribution >= 4 is 45.8 Å². The number of aryl methyl sites for hydroxylation is 2. The second-order valence-electron chi connectivity index (χ2n) is 9.07. The van der Waals surface area contributed by atoms with Crippen LogP contribution in [0.3, 0.4) is 0 Å². The summed E-state index contributed by atoms with van der Waals surface area (Å²) >= 11 is 1.29. The number of amides is 2. The van der Waals surface area contributed by atoms with Gasteiger partial charge in [0.15, 0.2) is 11.7 Å². The van der Waals surface area contributed by atoms with E-state index in [1.165, 1.54) is 23.3 Å². The number of carbonyl (C=O) groups is 2. The zero-order valence-corrected chi connectivity index (χ0v) is 21.7. The topological polar surface area (TPSA) is 123 Å². The van der Waals surface area contributed by atoms with Crippen molar-refractivity contribution in [3.8, 4) is 10.6 Å². The minimum Gasteiger partial charge on any atom is -0.440 e. The molecule has 4 rings (SSSR count). The molecule has 11 heteroatoms. The summed E-state index contributed by atoms with van der Waals surface area (Å²) in [6, 6.07) is 8.99. The Balaban J connectivity index is 1.64. The molecule has 0 aliphatic heterocycles. The van der Waals surface area contributed by atoms with Crippen LogP contribution < -0.4 is 10.2 Å². The highest BCUT2D eigenvalue weighted by Gasteiger charge is 2.21. The maximum Gasteiger partial charge on any atom is 0.268 e. The van der Waals surface area contributed by atoms with Gasteiger partial charge in [0.25, 0.3) is 11.8 Å². The quantitative estimate of drug-likeness (QED) is 0.347. The number of anilines is 2. The Labute approximate surface area is 212 Å². The van der Waals surface area contributed by atoms with Crippen molar-refractivity contribution in [2.45, 2.75) is 39.3 Å². The van der Waals surface area contributed by atoms with Gasteiger partial charge in [-0.3, -0.25) is 14.9 Å². The van der Waals surface area contributed by atoms with Crippen LogP contribution in [0, 0.1) is 6.92 Å². The van der Waals surface area contributed by atoms with E-state index in [1.807, 2.05) is 22.8 Å². The Kier molecular flexibility index (Phi) is 7.25. The number of methoxy groups -OCH3 is 1. The molecule has 0 saturated heterocycles. The molecule has 1 aromatic carbocycles. The molecule has 0 radical (unpaired) electrons. The normalized spacial score (nSPS) is 11.7. The molecule has 190 valence electrons. The number of rotatable bonds is 9. The maximum atomic E-state index is 13.1. The van der Waals surface area contributed by atoms with Crippen molar-refractivity contribution < 1.29 is 23.8 Å². The van der Waals surface area contributed by atoms with Gasteiger partial charge in [0, 0.05) is 33.3 Å². The molecule has 3 aromatic heterocycles. The molecule has 3 heterocycles. The van der Waals surface area contributed by atoms with E-state index >= 15 is 0 Å². The van der Waals surface area contributed by atoms with Crippen LogP contribution in [-0.2, 0) is 16.1 Å². The summed E-state index contributed by atoms with van der Waals surface area (Å²) in [6.45, 7) is 5.63. The molecule has 10 nitrogen and oxygen atoms in total. The molecular formula is C25H29N5O5S. The fourth-order valence-electron chi connectivity index (χ4n) is 3.63. The molecule has 2 N–H and O–H groups in total. The number of benzene rings is 1. The van der Waals surface area contributed by atoms with Gasteiger partial charge in [-0.25, -0.2) is 9.97 Å². The average Bonchev–Trinajstić information content (AvgIpc) is 3.54. The number of thiophene rings is 1. The molecule has 0 bridgehead atoms. The Morgan fingerprint density at radius 1 is 1.28 bits per heavy atom. The SMILES string of the molecule is COCC(=O)N(C)c1ccc2c(c1)nc(NC(=O)c1ccc(-c3cnc(C)o3)s1)n2CCC(C)(C)O. The summed E-state index contributed by atoms with van der Waals surface area (Å²) in [4.78, 5) is 36.9. The summed E-state index contributed by atoms with van der Waals surface area (Å²) in [7, 11) is 3.14. The van der Waals surface area contributed by atoms with E-state index in [4.69, 9.17) is 9.15 Å². The van der Waals surface area contributed by atoms with Gasteiger partial charge >= 0.3 is 0 Å². The highest BCUT2D eigenvalue weighted by molar-refractivity contribution is 7.17. The number of hydrogen-bond donors (Lipinski definition) is 2. The molecule has 0 saturated carbocycles. The molecular weight excluding hydrogens is 482 g/mol. The number of oxazole rings is 1. The summed E-state index contributed by atoms with van der Waals surface area (Å²) in [5.74, 6) is 1.01. The first-order valence-electron chi connectivity index (χ1n) is 11.4. The molecule has 0 atom stereocenters. The third-order valence-corrected chi connectivity index (χ3v) is 6.73. The molecule has 0 spiro atoms. The number of carbonyl (C=O) groups excluding carboxylic acids is 2. The van der Waals surface area contributed by atoms with Gasteiger partial charge in [-0.15, -0.1) is 11.3 Å². The van der Waals surface area contributed by atoms with Gasteiger partial charge in [0.2, 0.25) is 5.95 Å². The zero-order chi connectivity index (χ0) is 26.0. The fourth-order valence-corrected chi connectivity index (χ4v) is 4.48. The monoisotopic (exact) mass is 511 g/mol. The summed E-state index contributed by atoms with van der Waals surface area (Å²) < 4.78 is 12.4. The minimum absolute atomic E-state index is 0.0354. The van der Waals surface area contributed by atoms with Gasteiger partial charge in [-0.1, -0.05) is 0 Å². The maximum absolute atomic E-state index is 13.1. The van der Waals surface area contributed by atoms with Crippen molar-refractivity contribution in [1.29, 1.82) is 0 Å². The third kappa shape index (κ3) is 5.64. The first kappa shape index (κ1) is 25.5. The van der Waals surface area contributed by atoms with Crippen LogP contribution in [0.25, 0.3) is 21.7 Å². The van der Waals surface area contributed by atoms with Crippen molar-refractivity contribution in [2.24, 2.45) is 0 Å². The summed E-state index contributed by atoms with van der Waals surface area (Å²) in [6.07, 6.45) is 2.08. The lowest BCUT2D eigenvalue weighted by Crippen LogP contribution is -2.29. The smallest absolute Gasteiger partial charge is 0.268 e. The van der Waals surface area contributed by atoms with Gasteiger partial charge in [-0.2, -0.15) is 0 Å². The molecule has 36 heavy (non-hydrogen) atoms. The number of imidazole rings is 1. The van der Waals surface area contributed by atoms with Gasteiger partial charge in [0.05, 0.1) is 32.6 Å². The van der Waals surface area contributed by atoms with Crippen LogP contribution in [0.15, 0.2) is 40.9 Å². The van der Waals surface area contributed by atoms with Gasteiger partial charge < -0.3 is 23.7 Å². The standard InChI is InChI=1S/C25H29N5O5S/c1-15-26-13-19(35-15)20-8-9-21(36-20)23(32)28-24-27-17-12-16(29(4)22(31)14-34-5)6-7-18(17)30(24)11-10-25(2,3)33/h6-9,12-13,33H,10-11,14H2,1-5H3,(H,27,28,32). The highest BCUT2D eigenvalue weighted by Crippen LogP contribution is 2.30. The lowest BCUT2D eigenvalue weighted by Gasteiger charge is -2.19. The number of fused-ring (bicyclic) bond motifs is 1. The number of aromatic nitrogens is 3. The van der Waals surface area contributed by atoms with Crippen molar-refractivity contribution in [3.63, 3.8) is 0 Å². The Morgan fingerprint density at radius 2 is 2.06 bits per heavy atom. The van der Waals surface area contributed by atoms with Crippen LogP contribution in [-0.4, -0.2) is 57.8 Å². The number of nitrogens with zero attached hydrogens (tertiary/aromatic N) is 4. The highest BCUT2D eigenvalue weighted by atomic mass is 32.1. The predicted octanol–water partition coefficient (Wildman–Crippen LogP) is 4.08.